The summed E-state index contributed by atoms with van der Waals surface area (Å²) < 4.78 is 2.21. The second-order valence-corrected chi connectivity index (χ2v) is 8.12. The van der Waals surface area contributed by atoms with Gasteiger partial charge in [-0.3, -0.25) is 9.30 Å². The van der Waals surface area contributed by atoms with Crippen LogP contribution in [0.2, 0.25) is 0 Å². The topological polar surface area (TPSA) is 46.3 Å². The molecule has 0 saturated carbocycles. The second kappa shape index (κ2) is 6.01. The SMILES string of the molecule is Cc1nc2sccn2c1CN1CCc2nc(-c3cccs3)ncc2C1. The zero-order chi connectivity index (χ0) is 16.8. The number of nitrogens with zero attached hydrogens (tertiary/aromatic N) is 5. The van der Waals surface area contributed by atoms with Gasteiger partial charge in [-0.25, -0.2) is 15.0 Å². The fraction of sp³-hybridized carbons (Fsp3) is 0.278. The second-order valence-electron chi connectivity index (χ2n) is 6.30. The number of hydrogen-bond donors (Lipinski definition) is 0. The Morgan fingerprint density at radius 3 is 3.04 bits per heavy atom. The summed E-state index contributed by atoms with van der Waals surface area (Å²) in [7, 11) is 0. The first-order chi connectivity index (χ1) is 12.3. The molecule has 0 spiro atoms. The molecule has 4 aromatic heterocycles. The van der Waals surface area contributed by atoms with Crippen LogP contribution in [-0.4, -0.2) is 30.8 Å². The van der Waals surface area contributed by atoms with Crippen LogP contribution >= 0.6 is 22.7 Å². The van der Waals surface area contributed by atoms with Crippen LogP contribution in [0, 0.1) is 6.92 Å². The third kappa shape index (κ3) is 2.68. The van der Waals surface area contributed by atoms with Gasteiger partial charge >= 0.3 is 0 Å². The number of thiophene rings is 1. The van der Waals surface area contributed by atoms with E-state index >= 15 is 0 Å². The van der Waals surface area contributed by atoms with Crippen LogP contribution in [0.25, 0.3) is 15.7 Å². The molecule has 0 aromatic carbocycles. The molecule has 5 rings (SSSR count). The molecule has 1 aliphatic heterocycles. The molecule has 0 saturated heterocycles. The molecule has 0 N–H and O–H groups in total. The Kier molecular flexibility index (Phi) is 3.65. The summed E-state index contributed by atoms with van der Waals surface area (Å²) >= 11 is 3.38. The number of hydrogen-bond acceptors (Lipinski definition) is 6. The molecule has 25 heavy (non-hydrogen) atoms. The molecular weight excluding hydrogens is 350 g/mol. The maximum atomic E-state index is 4.80. The standard InChI is InChI=1S/C18H17N5S2/c1-12-15(23-6-8-25-18(23)20-12)11-22-5-4-14-13(10-22)9-19-17(21-14)16-3-2-7-24-16/h2-3,6-9H,4-5,10-11H2,1H3. The van der Waals surface area contributed by atoms with E-state index in [1.54, 1.807) is 22.7 Å². The van der Waals surface area contributed by atoms with Gasteiger partial charge in [0.15, 0.2) is 10.8 Å². The lowest BCUT2D eigenvalue weighted by Crippen LogP contribution is -2.31. The van der Waals surface area contributed by atoms with Gasteiger partial charge in [0, 0.05) is 49.4 Å². The van der Waals surface area contributed by atoms with E-state index in [9.17, 15) is 0 Å². The van der Waals surface area contributed by atoms with Gasteiger partial charge in [0.25, 0.3) is 0 Å². The van der Waals surface area contributed by atoms with Crippen molar-refractivity contribution in [3.8, 4) is 10.7 Å². The van der Waals surface area contributed by atoms with E-state index in [2.05, 4.69) is 49.2 Å². The molecule has 0 bridgehead atoms. The van der Waals surface area contributed by atoms with Gasteiger partial charge in [-0.2, -0.15) is 0 Å². The van der Waals surface area contributed by atoms with Crippen molar-refractivity contribution in [1.29, 1.82) is 0 Å². The summed E-state index contributed by atoms with van der Waals surface area (Å²) in [6.45, 7) is 4.93. The monoisotopic (exact) mass is 367 g/mol. The highest BCUT2D eigenvalue weighted by Crippen LogP contribution is 2.25. The zero-order valence-electron chi connectivity index (χ0n) is 13.8. The predicted octanol–water partition coefficient (Wildman–Crippen LogP) is 3.78. The first-order valence-corrected chi connectivity index (χ1v) is 10.1. The molecule has 0 unspecified atom stereocenters. The van der Waals surface area contributed by atoms with Crippen molar-refractivity contribution in [1.82, 2.24) is 24.3 Å². The number of aromatic nitrogens is 4. The van der Waals surface area contributed by atoms with Gasteiger partial charge in [-0.05, 0) is 18.4 Å². The van der Waals surface area contributed by atoms with E-state index in [-0.39, 0.29) is 0 Å². The van der Waals surface area contributed by atoms with E-state index in [0.717, 1.165) is 47.4 Å². The molecule has 126 valence electrons. The summed E-state index contributed by atoms with van der Waals surface area (Å²) in [5.41, 5.74) is 4.85. The third-order valence-corrected chi connectivity index (χ3v) is 6.31. The Labute approximate surface area is 153 Å². The van der Waals surface area contributed by atoms with E-state index in [1.165, 1.54) is 17.0 Å². The Bertz CT molecular complexity index is 1030. The maximum Gasteiger partial charge on any atom is 0.194 e. The first-order valence-electron chi connectivity index (χ1n) is 8.30. The van der Waals surface area contributed by atoms with Crippen molar-refractivity contribution in [3.63, 3.8) is 0 Å². The lowest BCUT2D eigenvalue weighted by Gasteiger charge is -2.27. The van der Waals surface area contributed by atoms with Crippen LogP contribution in [0.3, 0.4) is 0 Å². The summed E-state index contributed by atoms with van der Waals surface area (Å²) in [5, 5.41) is 4.16. The Hall–Kier alpha value is -2.09. The summed E-state index contributed by atoms with van der Waals surface area (Å²) in [6, 6.07) is 4.12. The smallest absolute Gasteiger partial charge is 0.194 e. The van der Waals surface area contributed by atoms with Crippen LogP contribution in [0.15, 0.2) is 35.3 Å². The van der Waals surface area contributed by atoms with Crippen molar-refractivity contribution in [3.05, 3.63) is 57.9 Å². The van der Waals surface area contributed by atoms with Crippen molar-refractivity contribution < 1.29 is 0 Å². The number of rotatable bonds is 3. The molecule has 0 amide bonds. The minimum atomic E-state index is 0.855. The quantitative estimate of drug-likeness (QED) is 0.553. The molecule has 4 aromatic rings. The Balaban J connectivity index is 1.39. The first kappa shape index (κ1) is 15.2. The highest BCUT2D eigenvalue weighted by Gasteiger charge is 2.21. The Morgan fingerprint density at radius 1 is 1.20 bits per heavy atom. The van der Waals surface area contributed by atoms with Gasteiger partial charge in [-0.15, -0.1) is 22.7 Å². The Morgan fingerprint density at radius 2 is 2.16 bits per heavy atom. The average molecular weight is 368 g/mol. The normalized spacial score (nSPS) is 14.9. The van der Waals surface area contributed by atoms with Crippen LogP contribution in [0.5, 0.6) is 0 Å². The van der Waals surface area contributed by atoms with E-state index in [1.807, 2.05) is 12.3 Å². The van der Waals surface area contributed by atoms with Crippen molar-refractivity contribution in [2.45, 2.75) is 26.4 Å². The highest BCUT2D eigenvalue weighted by molar-refractivity contribution is 7.15. The fourth-order valence-corrected chi connectivity index (χ4v) is 4.82. The van der Waals surface area contributed by atoms with Gasteiger partial charge in [0.05, 0.1) is 22.0 Å². The molecule has 0 atom stereocenters. The minimum absolute atomic E-state index is 0.855. The summed E-state index contributed by atoms with van der Waals surface area (Å²) in [5.74, 6) is 0.855. The average Bonchev–Trinajstić information content (AvgIpc) is 3.35. The molecule has 5 nitrogen and oxygen atoms in total. The van der Waals surface area contributed by atoms with Crippen LogP contribution in [0.4, 0.5) is 0 Å². The highest BCUT2D eigenvalue weighted by atomic mass is 32.1. The molecular formula is C18H17N5S2. The predicted molar refractivity (Wildman–Crippen MR) is 101 cm³/mol. The van der Waals surface area contributed by atoms with Gasteiger partial charge < -0.3 is 0 Å². The van der Waals surface area contributed by atoms with E-state index in [0.29, 0.717) is 0 Å². The van der Waals surface area contributed by atoms with Gasteiger partial charge in [0.2, 0.25) is 0 Å². The summed E-state index contributed by atoms with van der Waals surface area (Å²) in [4.78, 5) is 18.7. The number of thiazole rings is 1. The number of fused-ring (bicyclic) bond motifs is 2. The van der Waals surface area contributed by atoms with Gasteiger partial charge in [0.1, 0.15) is 0 Å². The van der Waals surface area contributed by atoms with Crippen LogP contribution < -0.4 is 0 Å². The van der Waals surface area contributed by atoms with Crippen LogP contribution in [-0.2, 0) is 19.5 Å². The van der Waals surface area contributed by atoms with Crippen LogP contribution in [0.1, 0.15) is 22.6 Å². The number of imidazole rings is 1. The van der Waals surface area contributed by atoms with Crippen molar-refractivity contribution in [2.75, 3.05) is 6.54 Å². The molecule has 0 fully saturated rings. The lowest BCUT2D eigenvalue weighted by atomic mass is 10.1. The molecule has 0 aliphatic carbocycles. The maximum absolute atomic E-state index is 4.80. The van der Waals surface area contributed by atoms with Crippen molar-refractivity contribution >= 4 is 27.6 Å². The van der Waals surface area contributed by atoms with Gasteiger partial charge in [-0.1, -0.05) is 6.07 Å². The summed E-state index contributed by atoms with van der Waals surface area (Å²) in [6.07, 6.45) is 5.09. The largest absolute Gasteiger partial charge is 0.293 e. The molecule has 1 aliphatic rings. The van der Waals surface area contributed by atoms with E-state index < -0.39 is 0 Å². The molecule has 5 heterocycles. The zero-order valence-corrected chi connectivity index (χ0v) is 15.5. The van der Waals surface area contributed by atoms with Crippen molar-refractivity contribution in [2.24, 2.45) is 0 Å². The minimum Gasteiger partial charge on any atom is -0.293 e. The third-order valence-electron chi connectivity index (χ3n) is 4.69. The fourth-order valence-electron chi connectivity index (χ4n) is 3.38. The molecule has 7 heteroatoms. The van der Waals surface area contributed by atoms with E-state index in [4.69, 9.17) is 4.98 Å². The molecule has 0 radical (unpaired) electrons. The number of aryl methyl sites for hydroxylation is 1. The lowest BCUT2D eigenvalue weighted by molar-refractivity contribution is 0.239.